The summed E-state index contributed by atoms with van der Waals surface area (Å²) in [6.45, 7) is 4.34. The summed E-state index contributed by atoms with van der Waals surface area (Å²) in [5.41, 5.74) is 6.93. The Kier molecular flexibility index (Phi) is 4.05. The summed E-state index contributed by atoms with van der Waals surface area (Å²) in [7, 11) is 0. The molecule has 100 valence electrons. The number of para-hydroxylation sites is 1. The van der Waals surface area contributed by atoms with Crippen molar-refractivity contribution in [2.45, 2.75) is 26.2 Å². The third-order valence-corrected chi connectivity index (χ3v) is 3.30. The van der Waals surface area contributed by atoms with E-state index in [0.29, 0.717) is 17.4 Å². The third-order valence-electron chi connectivity index (χ3n) is 3.30. The van der Waals surface area contributed by atoms with Gasteiger partial charge in [0.05, 0.1) is 0 Å². The minimum Gasteiger partial charge on any atom is -0.455 e. The van der Waals surface area contributed by atoms with Crippen LogP contribution in [0, 0.1) is 5.82 Å². The third kappa shape index (κ3) is 3.05. The van der Waals surface area contributed by atoms with Crippen LogP contribution in [0.2, 0.25) is 0 Å². The molecule has 19 heavy (non-hydrogen) atoms. The quantitative estimate of drug-likeness (QED) is 0.807. The van der Waals surface area contributed by atoms with Crippen molar-refractivity contribution in [3.63, 3.8) is 0 Å². The number of hydrogen-bond donors (Lipinski definition) is 1. The van der Waals surface area contributed by atoms with E-state index in [1.807, 2.05) is 24.3 Å². The van der Waals surface area contributed by atoms with E-state index in [9.17, 15) is 4.39 Å². The van der Waals surface area contributed by atoms with Crippen LogP contribution in [0.15, 0.2) is 42.5 Å². The molecule has 0 saturated heterocycles. The highest BCUT2D eigenvalue weighted by atomic mass is 19.1. The molecule has 0 aliphatic heterocycles. The van der Waals surface area contributed by atoms with E-state index in [0.717, 1.165) is 6.42 Å². The van der Waals surface area contributed by atoms with Crippen molar-refractivity contribution in [2.75, 3.05) is 5.73 Å². The van der Waals surface area contributed by atoms with Crippen LogP contribution in [0.1, 0.15) is 31.7 Å². The number of benzene rings is 2. The average molecular weight is 259 g/mol. The first-order chi connectivity index (χ1) is 9.11. The zero-order chi connectivity index (χ0) is 13.8. The zero-order valence-electron chi connectivity index (χ0n) is 11.2. The molecule has 0 radical (unpaired) electrons. The molecule has 0 aliphatic carbocycles. The molecule has 0 aliphatic rings. The molecule has 1 atom stereocenters. The van der Waals surface area contributed by atoms with Crippen LogP contribution in [0.25, 0.3) is 0 Å². The molecule has 2 nitrogen and oxygen atoms in total. The number of rotatable bonds is 4. The summed E-state index contributed by atoms with van der Waals surface area (Å²) >= 11 is 0. The molecule has 2 aromatic rings. The topological polar surface area (TPSA) is 35.2 Å². The maximum absolute atomic E-state index is 13.3. The van der Waals surface area contributed by atoms with Gasteiger partial charge in [-0.2, -0.15) is 0 Å². The minimum absolute atomic E-state index is 0.0357. The molecular formula is C16H18FNO. The zero-order valence-corrected chi connectivity index (χ0v) is 11.2. The minimum atomic E-state index is -0.464. The fourth-order valence-electron chi connectivity index (χ4n) is 1.83. The Morgan fingerprint density at radius 3 is 2.47 bits per heavy atom. The van der Waals surface area contributed by atoms with Crippen LogP contribution in [-0.2, 0) is 0 Å². The monoisotopic (exact) mass is 259 g/mol. The summed E-state index contributed by atoms with van der Waals surface area (Å²) < 4.78 is 18.9. The van der Waals surface area contributed by atoms with E-state index in [-0.39, 0.29) is 5.69 Å². The highest BCUT2D eigenvalue weighted by molar-refractivity contribution is 5.54. The van der Waals surface area contributed by atoms with Crippen molar-refractivity contribution in [3.8, 4) is 11.5 Å². The first-order valence-electron chi connectivity index (χ1n) is 6.43. The van der Waals surface area contributed by atoms with Crippen molar-refractivity contribution in [2.24, 2.45) is 0 Å². The summed E-state index contributed by atoms with van der Waals surface area (Å²) in [4.78, 5) is 0. The maximum atomic E-state index is 13.3. The molecule has 0 spiro atoms. The number of anilines is 1. The molecule has 0 heterocycles. The number of halogens is 1. The van der Waals surface area contributed by atoms with Crippen LogP contribution in [0.4, 0.5) is 10.1 Å². The highest BCUT2D eigenvalue weighted by Crippen LogP contribution is 2.30. The number of ether oxygens (including phenoxy) is 1. The fourth-order valence-corrected chi connectivity index (χ4v) is 1.83. The lowest BCUT2D eigenvalue weighted by atomic mass is 9.99. The van der Waals surface area contributed by atoms with Gasteiger partial charge in [0.15, 0.2) is 5.75 Å². The van der Waals surface area contributed by atoms with Gasteiger partial charge in [0.25, 0.3) is 0 Å². The molecule has 0 bridgehead atoms. The molecule has 3 heteroatoms. The van der Waals surface area contributed by atoms with E-state index in [2.05, 4.69) is 13.8 Å². The van der Waals surface area contributed by atoms with Crippen molar-refractivity contribution in [1.82, 2.24) is 0 Å². The maximum Gasteiger partial charge on any atom is 0.153 e. The largest absolute Gasteiger partial charge is 0.455 e. The Labute approximate surface area is 113 Å². The summed E-state index contributed by atoms with van der Waals surface area (Å²) in [6.07, 6.45) is 1.09. The summed E-state index contributed by atoms with van der Waals surface area (Å²) in [6, 6.07) is 12.4. The second-order valence-corrected chi connectivity index (χ2v) is 4.63. The molecule has 0 fully saturated rings. The Bertz CT molecular complexity index is 551. The van der Waals surface area contributed by atoms with Gasteiger partial charge in [-0.05, 0) is 42.2 Å². The lowest BCUT2D eigenvalue weighted by Gasteiger charge is -2.11. The van der Waals surface area contributed by atoms with Gasteiger partial charge in [-0.3, -0.25) is 0 Å². The van der Waals surface area contributed by atoms with Crippen LogP contribution < -0.4 is 10.5 Å². The molecular weight excluding hydrogens is 241 g/mol. The van der Waals surface area contributed by atoms with Gasteiger partial charge in [-0.15, -0.1) is 0 Å². The van der Waals surface area contributed by atoms with Gasteiger partial charge in [0, 0.05) is 0 Å². The van der Waals surface area contributed by atoms with Gasteiger partial charge >= 0.3 is 0 Å². The van der Waals surface area contributed by atoms with Gasteiger partial charge in [-0.25, -0.2) is 4.39 Å². The number of nitrogen functional groups attached to an aromatic ring is 1. The summed E-state index contributed by atoms with van der Waals surface area (Å²) in [5, 5.41) is 0. The van der Waals surface area contributed by atoms with Crippen molar-refractivity contribution in [1.29, 1.82) is 0 Å². The van der Waals surface area contributed by atoms with Gasteiger partial charge in [-0.1, -0.05) is 32.0 Å². The van der Waals surface area contributed by atoms with E-state index in [4.69, 9.17) is 10.5 Å². The lowest BCUT2D eigenvalue weighted by Crippen LogP contribution is -1.96. The molecule has 1 unspecified atom stereocenters. The highest BCUT2D eigenvalue weighted by Gasteiger charge is 2.07. The Balaban J connectivity index is 2.18. The predicted molar refractivity (Wildman–Crippen MR) is 76.0 cm³/mol. The van der Waals surface area contributed by atoms with E-state index < -0.39 is 5.82 Å². The van der Waals surface area contributed by atoms with E-state index in [1.165, 1.54) is 11.6 Å². The SMILES string of the molecule is CCC(C)c1ccc(Oc2cccc(F)c2N)cc1. The Hall–Kier alpha value is -2.03. The van der Waals surface area contributed by atoms with Crippen LogP contribution >= 0.6 is 0 Å². The second kappa shape index (κ2) is 5.74. The normalized spacial score (nSPS) is 12.2. The van der Waals surface area contributed by atoms with Crippen LogP contribution in [-0.4, -0.2) is 0 Å². The second-order valence-electron chi connectivity index (χ2n) is 4.63. The number of hydrogen-bond acceptors (Lipinski definition) is 2. The first kappa shape index (κ1) is 13.4. The van der Waals surface area contributed by atoms with Gasteiger partial charge in [0.1, 0.15) is 17.3 Å². The Morgan fingerprint density at radius 1 is 1.16 bits per heavy atom. The molecule has 0 aromatic heterocycles. The summed E-state index contributed by atoms with van der Waals surface area (Å²) in [5.74, 6) is 1.06. The average Bonchev–Trinajstić information content (AvgIpc) is 2.44. The van der Waals surface area contributed by atoms with Crippen LogP contribution in [0.5, 0.6) is 11.5 Å². The lowest BCUT2D eigenvalue weighted by molar-refractivity contribution is 0.480. The Morgan fingerprint density at radius 2 is 1.84 bits per heavy atom. The van der Waals surface area contributed by atoms with E-state index >= 15 is 0 Å². The van der Waals surface area contributed by atoms with Gasteiger partial charge in [0.2, 0.25) is 0 Å². The predicted octanol–water partition coefficient (Wildman–Crippen LogP) is 4.71. The van der Waals surface area contributed by atoms with Crippen molar-refractivity contribution < 1.29 is 9.13 Å². The molecule has 0 amide bonds. The first-order valence-corrected chi connectivity index (χ1v) is 6.43. The van der Waals surface area contributed by atoms with Crippen molar-refractivity contribution in [3.05, 3.63) is 53.8 Å². The molecule has 0 saturated carbocycles. The van der Waals surface area contributed by atoms with Crippen LogP contribution in [0.3, 0.4) is 0 Å². The molecule has 2 aromatic carbocycles. The molecule has 2 N–H and O–H groups in total. The van der Waals surface area contributed by atoms with Gasteiger partial charge < -0.3 is 10.5 Å². The van der Waals surface area contributed by atoms with E-state index in [1.54, 1.807) is 12.1 Å². The standard InChI is InChI=1S/C16H18FNO/c1-3-11(2)12-7-9-13(10-8-12)19-15-6-4-5-14(17)16(15)18/h4-11H,3,18H2,1-2H3. The smallest absolute Gasteiger partial charge is 0.153 e. The van der Waals surface area contributed by atoms with Crippen molar-refractivity contribution >= 4 is 5.69 Å². The number of nitrogens with two attached hydrogens (primary N) is 1. The fraction of sp³-hybridized carbons (Fsp3) is 0.250. The molecule has 2 rings (SSSR count).